The van der Waals surface area contributed by atoms with E-state index in [1.54, 1.807) is 11.7 Å². The van der Waals surface area contributed by atoms with Gasteiger partial charge in [-0.15, -0.1) is 0 Å². The molecule has 0 radical (unpaired) electrons. The quantitative estimate of drug-likeness (QED) is 0.265. The average molecular weight is 502 g/mol. The maximum absolute atomic E-state index is 13.2. The van der Waals surface area contributed by atoms with Crippen LogP contribution in [-0.4, -0.2) is 47.9 Å². The second-order valence-electron chi connectivity index (χ2n) is 8.61. The van der Waals surface area contributed by atoms with Crippen molar-refractivity contribution >= 4 is 28.6 Å². The summed E-state index contributed by atoms with van der Waals surface area (Å²) in [6.07, 6.45) is 6.08. The van der Waals surface area contributed by atoms with Crippen molar-refractivity contribution in [2.75, 3.05) is 32.8 Å². The highest BCUT2D eigenvalue weighted by Crippen LogP contribution is 2.26. The molecule has 10 heteroatoms. The lowest BCUT2D eigenvalue weighted by Gasteiger charge is -2.15. The number of anilines is 2. The van der Waals surface area contributed by atoms with Gasteiger partial charge in [0.25, 0.3) is 5.91 Å². The number of rotatable bonds is 9. The molecule has 0 fully saturated rings. The number of amides is 1. The van der Waals surface area contributed by atoms with Crippen molar-refractivity contribution in [1.29, 1.82) is 0 Å². The van der Waals surface area contributed by atoms with Gasteiger partial charge in [0.1, 0.15) is 17.9 Å². The Bertz CT molecular complexity index is 1500. The molecule has 1 aliphatic rings. The molecule has 2 N–H and O–H groups in total. The van der Waals surface area contributed by atoms with Crippen molar-refractivity contribution in [1.82, 2.24) is 20.0 Å². The lowest BCUT2D eigenvalue weighted by Crippen LogP contribution is -2.29. The van der Waals surface area contributed by atoms with Crippen LogP contribution >= 0.6 is 0 Å². The molecule has 0 saturated carbocycles. The molecule has 0 spiro atoms. The Labute approximate surface area is 213 Å². The molecule has 190 valence electrons. The zero-order valence-electron chi connectivity index (χ0n) is 20.6. The molecule has 37 heavy (non-hydrogen) atoms. The predicted molar refractivity (Wildman–Crippen MR) is 139 cm³/mol. The van der Waals surface area contributed by atoms with Crippen LogP contribution in [-0.2, 0) is 22.4 Å². The molecule has 1 aliphatic carbocycles. The molecule has 4 aromatic rings. The van der Waals surface area contributed by atoms with Gasteiger partial charge in [-0.05, 0) is 66.8 Å². The molecular formula is C27H27N5O5. The van der Waals surface area contributed by atoms with Crippen LogP contribution in [0.5, 0.6) is 5.75 Å². The second-order valence-corrected chi connectivity index (χ2v) is 8.61. The third kappa shape index (κ3) is 5.16. The van der Waals surface area contributed by atoms with E-state index in [1.165, 1.54) is 30.6 Å². The number of aryl methyl sites for hydroxylation is 2. The Kier molecular flexibility index (Phi) is 7.11. The van der Waals surface area contributed by atoms with E-state index in [9.17, 15) is 9.59 Å². The topological polar surface area (TPSA) is 117 Å². The smallest absolute Gasteiger partial charge is 0.280 e. The lowest BCUT2D eigenvalue weighted by molar-refractivity contribution is 0.0536. The summed E-state index contributed by atoms with van der Waals surface area (Å²) in [5.41, 5.74) is 6.20. The Balaban J connectivity index is 1.54. The standard InChI is InChI=1S/C27H27N5O5/c1-35-12-13-37-21-10-7-19(8-11-21)29-27-28-15-22-24(33)23(26(34)31-36-2)16-32(25(22)30-27)20-9-6-17-4-3-5-18(17)14-20/h6-11,14-16H,3-5,12-13H2,1-2H3,(H,31,34)(H,28,29,30). The number of hydroxylamine groups is 1. The van der Waals surface area contributed by atoms with E-state index < -0.39 is 11.3 Å². The summed E-state index contributed by atoms with van der Waals surface area (Å²) in [4.78, 5) is 39.5. The first-order valence-electron chi connectivity index (χ1n) is 11.9. The summed E-state index contributed by atoms with van der Waals surface area (Å²) in [6, 6.07) is 13.5. The Morgan fingerprint density at radius 3 is 2.65 bits per heavy atom. The number of pyridine rings is 1. The zero-order valence-corrected chi connectivity index (χ0v) is 20.6. The van der Waals surface area contributed by atoms with E-state index in [2.05, 4.69) is 32.9 Å². The highest BCUT2D eigenvalue weighted by atomic mass is 16.6. The van der Waals surface area contributed by atoms with Crippen molar-refractivity contribution in [3.05, 3.63) is 81.8 Å². The molecule has 2 heterocycles. The molecule has 0 saturated heterocycles. The summed E-state index contributed by atoms with van der Waals surface area (Å²) in [6.45, 7) is 0.966. The van der Waals surface area contributed by atoms with Crippen LogP contribution in [0, 0.1) is 0 Å². The third-order valence-electron chi connectivity index (χ3n) is 6.21. The molecule has 0 aliphatic heterocycles. The van der Waals surface area contributed by atoms with Crippen molar-refractivity contribution in [3.63, 3.8) is 0 Å². The minimum absolute atomic E-state index is 0.0665. The first-order chi connectivity index (χ1) is 18.1. The van der Waals surface area contributed by atoms with Crippen molar-refractivity contribution in [2.24, 2.45) is 0 Å². The molecule has 2 aromatic heterocycles. The zero-order chi connectivity index (χ0) is 25.8. The largest absolute Gasteiger partial charge is 0.491 e. The molecular weight excluding hydrogens is 474 g/mol. The van der Waals surface area contributed by atoms with Gasteiger partial charge >= 0.3 is 0 Å². The van der Waals surface area contributed by atoms with Crippen LogP contribution in [0.3, 0.4) is 0 Å². The maximum atomic E-state index is 13.2. The third-order valence-corrected chi connectivity index (χ3v) is 6.21. The van der Waals surface area contributed by atoms with Gasteiger partial charge in [0.05, 0.1) is 19.1 Å². The van der Waals surface area contributed by atoms with Gasteiger partial charge in [0, 0.05) is 30.9 Å². The minimum Gasteiger partial charge on any atom is -0.491 e. The summed E-state index contributed by atoms with van der Waals surface area (Å²) in [7, 11) is 2.94. The van der Waals surface area contributed by atoms with E-state index in [0.717, 1.165) is 30.6 Å². The maximum Gasteiger partial charge on any atom is 0.280 e. The monoisotopic (exact) mass is 501 g/mol. The normalized spacial score (nSPS) is 12.4. The molecule has 5 rings (SSSR count). The molecule has 10 nitrogen and oxygen atoms in total. The van der Waals surface area contributed by atoms with Gasteiger partial charge in [-0.1, -0.05) is 6.07 Å². The van der Waals surface area contributed by atoms with E-state index in [0.29, 0.717) is 30.6 Å². The van der Waals surface area contributed by atoms with E-state index >= 15 is 0 Å². The summed E-state index contributed by atoms with van der Waals surface area (Å²) < 4.78 is 12.4. The van der Waals surface area contributed by atoms with Crippen LogP contribution in [0.1, 0.15) is 27.9 Å². The van der Waals surface area contributed by atoms with Crippen LogP contribution in [0.25, 0.3) is 16.7 Å². The molecule has 2 aromatic carbocycles. The number of carbonyl (C=O) groups is 1. The van der Waals surface area contributed by atoms with Gasteiger partial charge in [0.15, 0.2) is 5.65 Å². The number of nitrogens with one attached hydrogen (secondary N) is 2. The Morgan fingerprint density at radius 1 is 1.05 bits per heavy atom. The minimum atomic E-state index is -0.640. The van der Waals surface area contributed by atoms with Crippen molar-refractivity contribution in [2.45, 2.75) is 19.3 Å². The van der Waals surface area contributed by atoms with E-state index in [1.807, 2.05) is 30.3 Å². The number of hydrogen-bond acceptors (Lipinski definition) is 8. The highest BCUT2D eigenvalue weighted by molar-refractivity contribution is 5.96. The second kappa shape index (κ2) is 10.8. The summed E-state index contributed by atoms with van der Waals surface area (Å²) in [5, 5.41) is 3.39. The summed E-state index contributed by atoms with van der Waals surface area (Å²) >= 11 is 0. The van der Waals surface area contributed by atoms with E-state index in [4.69, 9.17) is 14.3 Å². The molecule has 0 bridgehead atoms. The summed E-state index contributed by atoms with van der Waals surface area (Å²) in [5.74, 6) is 0.387. The van der Waals surface area contributed by atoms with Gasteiger partial charge in [-0.2, -0.15) is 4.98 Å². The first kappa shape index (κ1) is 24.4. The fraction of sp³-hybridized carbons (Fsp3) is 0.259. The van der Waals surface area contributed by atoms with Crippen LogP contribution in [0.15, 0.2) is 59.7 Å². The first-order valence-corrected chi connectivity index (χ1v) is 11.9. The van der Waals surface area contributed by atoms with Crippen LogP contribution in [0.2, 0.25) is 0 Å². The Hall–Kier alpha value is -4.28. The fourth-order valence-corrected chi connectivity index (χ4v) is 4.39. The van der Waals surface area contributed by atoms with Gasteiger partial charge in [-0.25, -0.2) is 10.5 Å². The number of ether oxygens (including phenoxy) is 2. The number of benzene rings is 2. The molecule has 1 amide bonds. The molecule has 0 unspecified atom stereocenters. The number of fused-ring (bicyclic) bond motifs is 2. The van der Waals surface area contributed by atoms with Crippen molar-refractivity contribution in [3.8, 4) is 11.4 Å². The predicted octanol–water partition coefficient (Wildman–Crippen LogP) is 3.33. The molecule has 0 atom stereocenters. The van der Waals surface area contributed by atoms with E-state index in [-0.39, 0.29) is 10.9 Å². The van der Waals surface area contributed by atoms with Crippen LogP contribution < -0.4 is 21.0 Å². The average Bonchev–Trinajstić information content (AvgIpc) is 3.38. The number of nitrogens with zero attached hydrogens (tertiary/aromatic N) is 3. The SMILES string of the molecule is COCCOc1ccc(Nc2ncc3c(=O)c(C(=O)NOC)cn(-c4ccc5c(c4)CCC5)c3n2)cc1. The number of methoxy groups -OCH3 is 1. The highest BCUT2D eigenvalue weighted by Gasteiger charge is 2.19. The van der Waals surface area contributed by atoms with Crippen molar-refractivity contribution < 1.29 is 19.1 Å². The number of aromatic nitrogens is 3. The van der Waals surface area contributed by atoms with Gasteiger partial charge in [-0.3, -0.25) is 14.4 Å². The number of hydrogen-bond donors (Lipinski definition) is 2. The van der Waals surface area contributed by atoms with Gasteiger partial charge in [0.2, 0.25) is 11.4 Å². The lowest BCUT2D eigenvalue weighted by atomic mass is 10.1. The number of carbonyl (C=O) groups excluding carboxylic acids is 1. The van der Waals surface area contributed by atoms with Gasteiger partial charge < -0.3 is 19.4 Å². The van der Waals surface area contributed by atoms with Crippen LogP contribution in [0.4, 0.5) is 11.6 Å². The Morgan fingerprint density at radius 2 is 1.86 bits per heavy atom. The fourth-order valence-electron chi connectivity index (χ4n) is 4.39.